The van der Waals surface area contributed by atoms with Crippen molar-refractivity contribution in [1.29, 1.82) is 0 Å². The molecule has 0 fully saturated rings. The normalized spacial score (nSPS) is 12.5. The summed E-state index contributed by atoms with van der Waals surface area (Å²) in [4.78, 5) is 0. The largest absolute Gasteiger partial charge is 0.419 e. The lowest BCUT2D eigenvalue weighted by atomic mass is 10.1. The summed E-state index contributed by atoms with van der Waals surface area (Å²) >= 11 is 4.75. The predicted octanol–water partition coefficient (Wildman–Crippen LogP) is 4.47. The van der Waals surface area contributed by atoms with Crippen LogP contribution in [-0.4, -0.2) is 26.7 Å². The first-order valence-corrected chi connectivity index (χ1v) is 9.52. The van der Waals surface area contributed by atoms with Crippen LogP contribution in [0.4, 0.5) is 0 Å². The minimum Gasteiger partial charge on any atom is -0.419 e. The zero-order valence-corrected chi connectivity index (χ0v) is 14.8. The molecule has 2 aromatic heterocycles. The van der Waals surface area contributed by atoms with E-state index in [9.17, 15) is 0 Å². The molecule has 1 aromatic carbocycles. The summed E-state index contributed by atoms with van der Waals surface area (Å²) < 4.78 is 7.67. The molecule has 2 heterocycles. The van der Waals surface area contributed by atoms with Gasteiger partial charge in [-0.05, 0) is 32.2 Å². The van der Waals surface area contributed by atoms with Crippen LogP contribution in [0.2, 0.25) is 0 Å². The maximum absolute atomic E-state index is 5.80. The number of thioether (sulfide) groups is 2. The molecule has 1 atom stereocenters. The van der Waals surface area contributed by atoms with Crippen LogP contribution in [0.5, 0.6) is 0 Å². The van der Waals surface area contributed by atoms with Crippen molar-refractivity contribution in [3.63, 3.8) is 0 Å². The Hall–Kier alpha value is -1.38. The van der Waals surface area contributed by atoms with Crippen molar-refractivity contribution in [1.82, 2.24) is 20.4 Å². The molecule has 5 nitrogen and oxygen atoms in total. The summed E-state index contributed by atoms with van der Waals surface area (Å²) in [5, 5.41) is 16.6. The zero-order chi connectivity index (χ0) is 15.5. The van der Waals surface area contributed by atoms with E-state index in [0.29, 0.717) is 11.8 Å². The molecular formula is C14H14N4OS3. The Labute approximate surface area is 141 Å². The van der Waals surface area contributed by atoms with Crippen LogP contribution in [0.25, 0.3) is 11.5 Å². The van der Waals surface area contributed by atoms with Gasteiger partial charge in [0.05, 0.1) is 5.25 Å². The number of hydrogen-bond acceptors (Lipinski definition) is 8. The number of benzene rings is 1. The lowest BCUT2D eigenvalue weighted by molar-refractivity contribution is 0.509. The molecule has 0 aliphatic carbocycles. The minimum absolute atomic E-state index is 0.0358. The molecule has 3 aromatic rings. The van der Waals surface area contributed by atoms with Crippen molar-refractivity contribution in [3.05, 3.63) is 35.7 Å². The molecule has 0 bridgehead atoms. The number of rotatable bonds is 5. The van der Waals surface area contributed by atoms with E-state index >= 15 is 0 Å². The first kappa shape index (κ1) is 15.5. The van der Waals surface area contributed by atoms with Crippen molar-refractivity contribution in [2.75, 3.05) is 6.26 Å². The van der Waals surface area contributed by atoms with E-state index in [4.69, 9.17) is 4.42 Å². The molecule has 22 heavy (non-hydrogen) atoms. The van der Waals surface area contributed by atoms with Crippen LogP contribution in [-0.2, 0) is 0 Å². The molecule has 0 aliphatic heterocycles. The van der Waals surface area contributed by atoms with Gasteiger partial charge in [0.1, 0.15) is 0 Å². The molecular weight excluding hydrogens is 336 g/mol. The van der Waals surface area contributed by atoms with Crippen LogP contribution in [0.3, 0.4) is 0 Å². The van der Waals surface area contributed by atoms with Gasteiger partial charge in [-0.2, -0.15) is 0 Å². The molecule has 8 heteroatoms. The Bertz CT molecular complexity index is 771. The van der Waals surface area contributed by atoms with E-state index in [1.54, 1.807) is 34.9 Å². The van der Waals surface area contributed by atoms with E-state index in [1.165, 1.54) is 0 Å². The van der Waals surface area contributed by atoms with Gasteiger partial charge in [-0.25, -0.2) is 0 Å². The predicted molar refractivity (Wildman–Crippen MR) is 90.4 cm³/mol. The molecule has 0 spiro atoms. The van der Waals surface area contributed by atoms with Gasteiger partial charge >= 0.3 is 0 Å². The maximum atomic E-state index is 5.80. The molecule has 0 unspecified atom stereocenters. The second kappa shape index (κ2) is 6.80. The quantitative estimate of drug-likeness (QED) is 0.629. The third-order valence-corrected chi connectivity index (χ3v) is 5.96. The fourth-order valence-electron chi connectivity index (χ4n) is 1.82. The van der Waals surface area contributed by atoms with Crippen molar-refractivity contribution in [2.24, 2.45) is 0 Å². The fraction of sp³-hybridized carbons (Fsp3) is 0.286. The van der Waals surface area contributed by atoms with E-state index in [-0.39, 0.29) is 5.25 Å². The highest BCUT2D eigenvalue weighted by Crippen LogP contribution is 2.37. The topological polar surface area (TPSA) is 64.7 Å². The number of aromatic nitrogens is 4. The summed E-state index contributed by atoms with van der Waals surface area (Å²) in [6, 6.07) is 8.03. The Morgan fingerprint density at radius 2 is 1.95 bits per heavy atom. The highest BCUT2D eigenvalue weighted by atomic mass is 32.2. The lowest BCUT2D eigenvalue weighted by Crippen LogP contribution is -1.88. The van der Waals surface area contributed by atoms with Gasteiger partial charge in [0.25, 0.3) is 0 Å². The van der Waals surface area contributed by atoms with Crippen LogP contribution >= 0.6 is 34.9 Å². The molecule has 0 radical (unpaired) electrons. The molecule has 0 aliphatic rings. The van der Waals surface area contributed by atoms with Crippen LogP contribution in [0, 0.1) is 6.92 Å². The molecule has 0 saturated heterocycles. The Morgan fingerprint density at radius 3 is 2.68 bits per heavy atom. The van der Waals surface area contributed by atoms with Crippen molar-refractivity contribution >= 4 is 34.9 Å². The van der Waals surface area contributed by atoms with Gasteiger partial charge in [-0.1, -0.05) is 52.6 Å². The maximum Gasteiger partial charge on any atom is 0.247 e. The van der Waals surface area contributed by atoms with Gasteiger partial charge in [0.15, 0.2) is 8.68 Å². The monoisotopic (exact) mass is 350 g/mol. The van der Waals surface area contributed by atoms with E-state index in [0.717, 1.165) is 19.8 Å². The Kier molecular flexibility index (Phi) is 4.80. The summed E-state index contributed by atoms with van der Waals surface area (Å²) in [5.74, 6) is 1.15. The van der Waals surface area contributed by atoms with E-state index in [1.807, 2.05) is 44.4 Å². The van der Waals surface area contributed by atoms with Crippen LogP contribution in [0.1, 0.15) is 23.6 Å². The van der Waals surface area contributed by atoms with Crippen LogP contribution < -0.4 is 0 Å². The minimum atomic E-state index is 0.0358. The molecule has 0 saturated carbocycles. The standard InChI is InChI=1S/C14H14N4OS3/c1-8-5-4-6-10(7-8)12-16-15-11(19-12)9(2)21-14-18-17-13(20-3)22-14/h4-7,9H,1-3H3/t9-/m1/s1. The van der Waals surface area contributed by atoms with E-state index < -0.39 is 0 Å². The molecule has 3 rings (SSSR count). The van der Waals surface area contributed by atoms with Gasteiger partial charge < -0.3 is 4.42 Å². The SMILES string of the molecule is CSc1nnc(S[C@H](C)c2nnc(-c3cccc(C)c3)o2)s1. The number of hydrogen-bond donors (Lipinski definition) is 0. The number of aryl methyl sites for hydroxylation is 1. The highest BCUT2D eigenvalue weighted by molar-refractivity contribution is 8.03. The fourth-order valence-corrected chi connectivity index (χ4v) is 4.43. The average molecular weight is 350 g/mol. The van der Waals surface area contributed by atoms with E-state index in [2.05, 4.69) is 20.4 Å². The Balaban J connectivity index is 1.75. The second-order valence-corrected chi connectivity index (χ2v) is 8.23. The molecule has 0 amide bonds. The van der Waals surface area contributed by atoms with Crippen molar-refractivity contribution < 1.29 is 4.42 Å². The summed E-state index contributed by atoms with van der Waals surface area (Å²) in [6.07, 6.45) is 1.99. The highest BCUT2D eigenvalue weighted by Gasteiger charge is 2.18. The first-order valence-electron chi connectivity index (χ1n) is 6.60. The lowest BCUT2D eigenvalue weighted by Gasteiger charge is -2.02. The van der Waals surface area contributed by atoms with Gasteiger partial charge in [-0.3, -0.25) is 0 Å². The second-order valence-electron chi connectivity index (χ2n) is 4.61. The number of nitrogens with zero attached hydrogens (tertiary/aromatic N) is 4. The van der Waals surface area contributed by atoms with Crippen molar-refractivity contribution in [2.45, 2.75) is 27.8 Å². The molecule has 0 N–H and O–H groups in total. The zero-order valence-electron chi connectivity index (χ0n) is 12.3. The average Bonchev–Trinajstić information content (AvgIpc) is 3.16. The summed E-state index contributed by atoms with van der Waals surface area (Å²) in [6.45, 7) is 4.07. The van der Waals surface area contributed by atoms with Crippen LogP contribution in [0.15, 0.2) is 37.4 Å². The van der Waals surface area contributed by atoms with Gasteiger partial charge in [0, 0.05) is 5.56 Å². The summed E-state index contributed by atoms with van der Waals surface area (Å²) in [5.41, 5.74) is 2.11. The smallest absolute Gasteiger partial charge is 0.247 e. The third-order valence-electron chi connectivity index (χ3n) is 2.89. The Morgan fingerprint density at radius 1 is 1.14 bits per heavy atom. The van der Waals surface area contributed by atoms with Gasteiger partial charge in [0.2, 0.25) is 11.8 Å². The van der Waals surface area contributed by atoms with Gasteiger partial charge in [-0.15, -0.1) is 20.4 Å². The molecule has 114 valence electrons. The summed E-state index contributed by atoms with van der Waals surface area (Å²) in [7, 11) is 0. The van der Waals surface area contributed by atoms with Crippen molar-refractivity contribution in [3.8, 4) is 11.5 Å². The first-order chi connectivity index (χ1) is 10.7. The third kappa shape index (κ3) is 3.50.